The van der Waals surface area contributed by atoms with E-state index in [9.17, 15) is 19.7 Å². The number of nitrogens with zero attached hydrogens (tertiary/aromatic N) is 2. The number of nitrogens with one attached hydrogen (secondary N) is 2. The Morgan fingerprint density at radius 1 is 1.29 bits per heavy atom. The first kappa shape index (κ1) is 15.4. The highest BCUT2D eigenvalue weighted by molar-refractivity contribution is 6.04. The minimum atomic E-state index is -0.979. The summed E-state index contributed by atoms with van der Waals surface area (Å²) in [6.07, 6.45) is 0.354. The van der Waals surface area contributed by atoms with Crippen molar-refractivity contribution in [2.24, 2.45) is 4.99 Å². The van der Waals surface area contributed by atoms with Crippen LogP contribution in [-0.4, -0.2) is 29.2 Å². The largest absolute Gasteiger partial charge is 0.455 e. The van der Waals surface area contributed by atoms with E-state index in [-0.39, 0.29) is 5.69 Å². The summed E-state index contributed by atoms with van der Waals surface area (Å²) in [6, 6.07) is 7.22. The summed E-state index contributed by atoms with van der Waals surface area (Å²) < 4.78 is 5.61. The van der Waals surface area contributed by atoms with E-state index in [4.69, 9.17) is 4.42 Å². The maximum atomic E-state index is 11.4. The molecule has 0 bridgehead atoms. The average Bonchev–Trinajstić information content (AvgIpc) is 3.11. The SMILES string of the molecule is Cc1cc([N+](=O)[O-])ccc1-c1ccc(C=NC2NC(=O)NC2=O)o1. The van der Waals surface area contributed by atoms with Crippen molar-refractivity contribution in [3.63, 3.8) is 0 Å². The van der Waals surface area contributed by atoms with E-state index in [2.05, 4.69) is 15.6 Å². The van der Waals surface area contributed by atoms with Gasteiger partial charge in [0.15, 0.2) is 0 Å². The van der Waals surface area contributed by atoms with Crippen LogP contribution in [0.5, 0.6) is 0 Å². The molecule has 1 atom stereocenters. The Balaban J connectivity index is 1.80. The fraction of sp³-hybridized carbons (Fsp3) is 0.133. The molecule has 9 nitrogen and oxygen atoms in total. The maximum absolute atomic E-state index is 11.4. The first-order valence-corrected chi connectivity index (χ1v) is 6.94. The number of amides is 3. The number of hydrogen-bond acceptors (Lipinski definition) is 6. The zero-order valence-electron chi connectivity index (χ0n) is 12.5. The van der Waals surface area contributed by atoms with Crippen molar-refractivity contribution in [1.29, 1.82) is 0 Å². The Hall–Kier alpha value is -3.49. The number of rotatable bonds is 4. The molecule has 9 heteroatoms. The molecule has 1 fully saturated rings. The quantitative estimate of drug-likeness (QED) is 0.382. The van der Waals surface area contributed by atoms with Gasteiger partial charge in [0.05, 0.1) is 11.1 Å². The number of carbonyl (C=O) groups is 2. The third kappa shape index (κ3) is 3.00. The second-order valence-corrected chi connectivity index (χ2v) is 5.10. The van der Waals surface area contributed by atoms with Crippen molar-refractivity contribution >= 4 is 23.8 Å². The van der Waals surface area contributed by atoms with Gasteiger partial charge in [-0.1, -0.05) is 0 Å². The Bertz CT molecular complexity index is 870. The summed E-state index contributed by atoms with van der Waals surface area (Å²) in [4.78, 5) is 36.6. The number of carbonyl (C=O) groups excluding carboxylic acids is 2. The maximum Gasteiger partial charge on any atom is 0.323 e. The highest BCUT2D eigenvalue weighted by Crippen LogP contribution is 2.28. The molecular weight excluding hydrogens is 316 g/mol. The second-order valence-electron chi connectivity index (χ2n) is 5.10. The van der Waals surface area contributed by atoms with E-state index < -0.39 is 23.0 Å². The van der Waals surface area contributed by atoms with Gasteiger partial charge in [-0.3, -0.25) is 25.2 Å². The molecule has 122 valence electrons. The molecule has 2 aromatic rings. The number of aryl methyl sites for hydroxylation is 1. The third-order valence-corrected chi connectivity index (χ3v) is 3.42. The molecule has 1 aromatic carbocycles. The number of urea groups is 1. The predicted octanol–water partition coefficient (Wildman–Crippen LogP) is 1.75. The summed E-state index contributed by atoms with van der Waals surface area (Å²) >= 11 is 0. The summed E-state index contributed by atoms with van der Waals surface area (Å²) in [7, 11) is 0. The molecule has 2 N–H and O–H groups in total. The molecule has 0 saturated carbocycles. The van der Waals surface area contributed by atoms with Gasteiger partial charge in [-0.25, -0.2) is 4.79 Å². The Morgan fingerprint density at radius 3 is 2.71 bits per heavy atom. The van der Waals surface area contributed by atoms with Crippen LogP contribution in [0.4, 0.5) is 10.5 Å². The first-order chi connectivity index (χ1) is 11.4. The standard InChI is InChI=1S/C15H12N4O5/c1-8-6-9(19(22)23)2-4-11(8)12-5-3-10(24-12)7-16-13-14(20)18-15(21)17-13/h2-7,13H,1H3,(H2,17,18,20,21). The van der Waals surface area contributed by atoms with Crippen LogP contribution in [0.3, 0.4) is 0 Å². The van der Waals surface area contributed by atoms with E-state index in [0.29, 0.717) is 22.6 Å². The van der Waals surface area contributed by atoms with E-state index in [1.54, 1.807) is 25.1 Å². The molecular formula is C15H12N4O5. The number of nitro groups is 1. The first-order valence-electron chi connectivity index (χ1n) is 6.94. The van der Waals surface area contributed by atoms with Crippen molar-refractivity contribution in [3.8, 4) is 11.3 Å². The van der Waals surface area contributed by atoms with Crippen LogP contribution >= 0.6 is 0 Å². The molecule has 1 unspecified atom stereocenters. The van der Waals surface area contributed by atoms with Crippen molar-refractivity contribution < 1.29 is 18.9 Å². The summed E-state index contributed by atoms with van der Waals surface area (Å²) in [6.45, 7) is 1.75. The highest BCUT2D eigenvalue weighted by atomic mass is 16.6. The van der Waals surface area contributed by atoms with Gasteiger partial charge in [-0.2, -0.15) is 0 Å². The molecule has 1 aromatic heterocycles. The molecule has 24 heavy (non-hydrogen) atoms. The van der Waals surface area contributed by atoms with Crippen LogP contribution in [0.2, 0.25) is 0 Å². The monoisotopic (exact) mass is 328 g/mol. The van der Waals surface area contributed by atoms with Crippen LogP contribution < -0.4 is 10.6 Å². The zero-order valence-corrected chi connectivity index (χ0v) is 12.5. The lowest BCUT2D eigenvalue weighted by Crippen LogP contribution is -2.26. The van der Waals surface area contributed by atoms with Gasteiger partial charge in [-0.05, 0) is 30.7 Å². The number of hydrogen-bond donors (Lipinski definition) is 2. The van der Waals surface area contributed by atoms with Gasteiger partial charge in [-0.15, -0.1) is 0 Å². The number of imide groups is 1. The number of nitro benzene ring substituents is 1. The minimum Gasteiger partial charge on any atom is -0.455 e. The van der Waals surface area contributed by atoms with Gasteiger partial charge in [0, 0.05) is 17.7 Å². The number of non-ortho nitro benzene ring substituents is 1. The summed E-state index contributed by atoms with van der Waals surface area (Å²) in [5.74, 6) is 0.370. The molecule has 0 aliphatic carbocycles. The van der Waals surface area contributed by atoms with Gasteiger partial charge < -0.3 is 9.73 Å². The Morgan fingerprint density at radius 2 is 2.08 bits per heavy atom. The van der Waals surface area contributed by atoms with Crippen LogP contribution in [0.1, 0.15) is 11.3 Å². The van der Waals surface area contributed by atoms with E-state index >= 15 is 0 Å². The zero-order chi connectivity index (χ0) is 17.3. The van der Waals surface area contributed by atoms with Crippen LogP contribution in [0, 0.1) is 17.0 Å². The van der Waals surface area contributed by atoms with Gasteiger partial charge in [0.25, 0.3) is 11.6 Å². The van der Waals surface area contributed by atoms with Crippen LogP contribution in [0.15, 0.2) is 39.7 Å². The smallest absolute Gasteiger partial charge is 0.323 e. The normalized spacial score (nSPS) is 17.1. The fourth-order valence-corrected chi connectivity index (χ4v) is 2.26. The second kappa shape index (κ2) is 5.95. The Labute approximate surface area is 135 Å². The van der Waals surface area contributed by atoms with E-state index in [0.717, 1.165) is 0 Å². The topological polar surface area (TPSA) is 127 Å². The lowest BCUT2D eigenvalue weighted by molar-refractivity contribution is -0.384. The minimum absolute atomic E-state index is 0.00702. The molecule has 1 aliphatic rings. The number of furan rings is 1. The fourth-order valence-electron chi connectivity index (χ4n) is 2.26. The number of aliphatic imine (C=N–C) groups is 1. The lowest BCUT2D eigenvalue weighted by atomic mass is 10.1. The molecule has 1 saturated heterocycles. The average molecular weight is 328 g/mol. The van der Waals surface area contributed by atoms with Crippen molar-refractivity contribution in [3.05, 3.63) is 51.8 Å². The Kier molecular flexibility index (Phi) is 3.82. The van der Waals surface area contributed by atoms with Crippen molar-refractivity contribution in [2.45, 2.75) is 13.1 Å². The number of benzene rings is 1. The molecule has 2 heterocycles. The predicted molar refractivity (Wildman–Crippen MR) is 83.6 cm³/mol. The third-order valence-electron chi connectivity index (χ3n) is 3.42. The molecule has 1 aliphatic heterocycles. The lowest BCUT2D eigenvalue weighted by Gasteiger charge is -2.02. The molecule has 0 radical (unpaired) electrons. The molecule has 3 amide bonds. The summed E-state index contributed by atoms with van der Waals surface area (Å²) in [5.41, 5.74) is 1.42. The van der Waals surface area contributed by atoms with Crippen LogP contribution in [0.25, 0.3) is 11.3 Å². The van der Waals surface area contributed by atoms with Gasteiger partial charge in [0.2, 0.25) is 6.17 Å². The van der Waals surface area contributed by atoms with Crippen molar-refractivity contribution in [1.82, 2.24) is 10.6 Å². The van der Waals surface area contributed by atoms with Crippen LogP contribution in [-0.2, 0) is 4.79 Å². The van der Waals surface area contributed by atoms with E-state index in [1.165, 1.54) is 18.3 Å². The molecule has 3 rings (SSSR count). The molecule has 0 spiro atoms. The van der Waals surface area contributed by atoms with Crippen molar-refractivity contribution in [2.75, 3.05) is 0 Å². The summed E-state index contributed by atoms with van der Waals surface area (Å²) in [5, 5.41) is 15.2. The van der Waals surface area contributed by atoms with E-state index in [1.807, 2.05) is 0 Å². The van der Waals surface area contributed by atoms with Gasteiger partial charge in [0.1, 0.15) is 11.5 Å². The highest BCUT2D eigenvalue weighted by Gasteiger charge is 2.28. The van der Waals surface area contributed by atoms with Gasteiger partial charge >= 0.3 is 6.03 Å².